The molecule has 0 aliphatic rings. The van der Waals surface area contributed by atoms with E-state index in [-0.39, 0.29) is 12.5 Å². The molecule has 0 radical (unpaired) electrons. The van der Waals surface area contributed by atoms with Crippen LogP contribution in [0.2, 0.25) is 0 Å². The van der Waals surface area contributed by atoms with Crippen molar-refractivity contribution in [2.75, 3.05) is 5.32 Å². The van der Waals surface area contributed by atoms with Crippen molar-refractivity contribution in [2.24, 2.45) is 0 Å². The van der Waals surface area contributed by atoms with E-state index in [1.165, 1.54) is 24.5 Å². The molecule has 0 saturated heterocycles. The van der Waals surface area contributed by atoms with Crippen LogP contribution in [0.15, 0.2) is 29.8 Å². The first-order chi connectivity index (χ1) is 12.4. The summed E-state index contributed by atoms with van der Waals surface area (Å²) in [6, 6.07) is 5.31. The summed E-state index contributed by atoms with van der Waals surface area (Å²) in [7, 11) is 0. The molecule has 3 heterocycles. The summed E-state index contributed by atoms with van der Waals surface area (Å²) in [5.41, 5.74) is 2.77. The largest absolute Gasteiger partial charge is 0.456 e. The maximum atomic E-state index is 12.1. The molecule has 1 N–H and O–H groups in total. The standard InChI is InChI=1S/C17H17N5O3S/c1-10-6-11(2)22(21-10)15-5-4-13(7-18-15)16(24)25-8-14-9-26-17(20-14)19-12(3)23/h4-7,9H,8H2,1-3H3,(H,19,20,23). The Kier molecular flexibility index (Phi) is 5.08. The smallest absolute Gasteiger partial charge is 0.340 e. The summed E-state index contributed by atoms with van der Waals surface area (Å²) < 4.78 is 6.95. The van der Waals surface area contributed by atoms with Crippen LogP contribution in [0.5, 0.6) is 0 Å². The van der Waals surface area contributed by atoms with E-state index in [2.05, 4.69) is 20.4 Å². The average molecular weight is 371 g/mol. The van der Waals surface area contributed by atoms with Crippen molar-refractivity contribution >= 4 is 28.3 Å². The van der Waals surface area contributed by atoms with Crippen LogP contribution in [0, 0.1) is 13.8 Å². The SMILES string of the molecule is CC(=O)Nc1nc(COC(=O)c2ccc(-n3nc(C)cc3C)nc2)cs1. The topological polar surface area (TPSA) is 99.0 Å². The van der Waals surface area contributed by atoms with Crippen molar-refractivity contribution < 1.29 is 14.3 Å². The second-order valence-electron chi connectivity index (χ2n) is 5.65. The zero-order valence-corrected chi connectivity index (χ0v) is 15.3. The molecule has 0 aliphatic heterocycles. The van der Waals surface area contributed by atoms with Crippen molar-refractivity contribution in [3.63, 3.8) is 0 Å². The first kappa shape index (κ1) is 17.7. The van der Waals surface area contributed by atoms with Gasteiger partial charge in [-0.05, 0) is 32.0 Å². The predicted molar refractivity (Wildman–Crippen MR) is 96.4 cm³/mol. The molecule has 3 rings (SSSR count). The first-order valence-corrected chi connectivity index (χ1v) is 8.69. The number of aromatic nitrogens is 4. The zero-order chi connectivity index (χ0) is 18.7. The van der Waals surface area contributed by atoms with Crippen molar-refractivity contribution in [3.05, 3.63) is 52.4 Å². The summed E-state index contributed by atoms with van der Waals surface area (Å²) in [5, 5.41) is 9.13. The highest BCUT2D eigenvalue weighted by molar-refractivity contribution is 7.13. The maximum Gasteiger partial charge on any atom is 0.340 e. The quantitative estimate of drug-likeness (QED) is 0.692. The van der Waals surface area contributed by atoms with Gasteiger partial charge in [0.15, 0.2) is 10.9 Å². The van der Waals surface area contributed by atoms with Gasteiger partial charge in [0.25, 0.3) is 0 Å². The van der Waals surface area contributed by atoms with Crippen molar-refractivity contribution in [2.45, 2.75) is 27.4 Å². The number of nitrogens with zero attached hydrogens (tertiary/aromatic N) is 4. The molecular formula is C17H17N5O3S. The molecule has 0 atom stereocenters. The summed E-state index contributed by atoms with van der Waals surface area (Å²) in [4.78, 5) is 31.6. The molecule has 3 aromatic rings. The van der Waals surface area contributed by atoms with Gasteiger partial charge in [0.05, 0.1) is 17.0 Å². The van der Waals surface area contributed by atoms with E-state index in [4.69, 9.17) is 4.74 Å². The fourth-order valence-corrected chi connectivity index (χ4v) is 3.04. The minimum absolute atomic E-state index is 0.0220. The number of pyridine rings is 1. The number of nitrogens with one attached hydrogen (secondary N) is 1. The Morgan fingerprint density at radius 2 is 2.12 bits per heavy atom. The summed E-state index contributed by atoms with van der Waals surface area (Å²) in [6.07, 6.45) is 1.46. The van der Waals surface area contributed by atoms with Crippen LogP contribution < -0.4 is 5.32 Å². The first-order valence-electron chi connectivity index (χ1n) is 7.81. The number of hydrogen-bond acceptors (Lipinski definition) is 7. The van der Waals surface area contributed by atoms with Gasteiger partial charge in [0.1, 0.15) is 6.61 Å². The number of carbonyl (C=O) groups excluding carboxylic acids is 2. The zero-order valence-electron chi connectivity index (χ0n) is 14.5. The number of thiazole rings is 1. The third kappa shape index (κ3) is 4.12. The molecule has 26 heavy (non-hydrogen) atoms. The van der Waals surface area contributed by atoms with Crippen LogP contribution in [-0.4, -0.2) is 31.6 Å². The second kappa shape index (κ2) is 7.44. The maximum absolute atomic E-state index is 12.1. The Labute approximate surface area is 153 Å². The summed E-state index contributed by atoms with van der Waals surface area (Å²) in [6.45, 7) is 5.27. The minimum atomic E-state index is -0.494. The normalized spacial score (nSPS) is 10.6. The van der Waals surface area contributed by atoms with Gasteiger partial charge >= 0.3 is 5.97 Å². The van der Waals surface area contributed by atoms with Crippen LogP contribution in [0.25, 0.3) is 5.82 Å². The number of rotatable bonds is 5. The van der Waals surface area contributed by atoms with Crippen molar-refractivity contribution in [3.8, 4) is 5.82 Å². The van der Waals surface area contributed by atoms with E-state index in [0.717, 1.165) is 11.4 Å². The average Bonchev–Trinajstić information content (AvgIpc) is 3.18. The molecule has 0 fully saturated rings. The Morgan fingerprint density at radius 3 is 2.73 bits per heavy atom. The van der Waals surface area contributed by atoms with Gasteiger partial charge in [-0.1, -0.05) is 0 Å². The van der Waals surface area contributed by atoms with E-state index in [0.29, 0.717) is 22.2 Å². The third-order valence-corrected chi connectivity index (χ3v) is 4.20. The summed E-state index contributed by atoms with van der Waals surface area (Å²) in [5.74, 6) is -0.0604. The van der Waals surface area contributed by atoms with E-state index in [9.17, 15) is 9.59 Å². The van der Waals surface area contributed by atoms with Gasteiger partial charge in [-0.2, -0.15) is 5.10 Å². The predicted octanol–water partition coefficient (Wildman–Crippen LogP) is 2.66. The molecule has 0 bridgehead atoms. The van der Waals surface area contributed by atoms with Gasteiger partial charge < -0.3 is 10.1 Å². The highest BCUT2D eigenvalue weighted by Crippen LogP contribution is 2.16. The molecule has 134 valence electrons. The number of esters is 1. The lowest BCUT2D eigenvalue weighted by atomic mass is 10.3. The molecule has 0 aliphatic carbocycles. The van der Waals surface area contributed by atoms with Crippen LogP contribution >= 0.6 is 11.3 Å². The molecule has 0 saturated carbocycles. The highest BCUT2D eigenvalue weighted by Gasteiger charge is 2.12. The summed E-state index contributed by atoms with van der Waals surface area (Å²) >= 11 is 1.27. The van der Waals surface area contributed by atoms with Crippen LogP contribution in [-0.2, 0) is 16.1 Å². The van der Waals surface area contributed by atoms with Gasteiger partial charge in [0.2, 0.25) is 5.91 Å². The number of amides is 1. The lowest BCUT2D eigenvalue weighted by molar-refractivity contribution is -0.114. The van der Waals surface area contributed by atoms with E-state index in [1.54, 1.807) is 22.2 Å². The Hall–Kier alpha value is -3.07. The fraction of sp³-hybridized carbons (Fsp3) is 0.235. The molecule has 8 nitrogen and oxygen atoms in total. The minimum Gasteiger partial charge on any atom is -0.456 e. The Morgan fingerprint density at radius 1 is 1.31 bits per heavy atom. The van der Waals surface area contributed by atoms with Gasteiger partial charge in [0, 0.05) is 24.2 Å². The van der Waals surface area contributed by atoms with E-state index >= 15 is 0 Å². The van der Waals surface area contributed by atoms with Crippen LogP contribution in [0.1, 0.15) is 34.4 Å². The molecule has 3 aromatic heterocycles. The number of carbonyl (C=O) groups is 2. The van der Waals surface area contributed by atoms with E-state index < -0.39 is 5.97 Å². The number of hydrogen-bond donors (Lipinski definition) is 1. The Balaban J connectivity index is 1.62. The molecule has 1 amide bonds. The highest BCUT2D eigenvalue weighted by atomic mass is 32.1. The number of ether oxygens (including phenoxy) is 1. The second-order valence-corrected chi connectivity index (χ2v) is 6.50. The van der Waals surface area contributed by atoms with Crippen molar-refractivity contribution in [1.29, 1.82) is 0 Å². The van der Waals surface area contributed by atoms with Crippen LogP contribution in [0.3, 0.4) is 0 Å². The Bertz CT molecular complexity index is 946. The van der Waals surface area contributed by atoms with Gasteiger partial charge in [-0.25, -0.2) is 19.4 Å². The van der Waals surface area contributed by atoms with Gasteiger partial charge in [-0.3, -0.25) is 4.79 Å². The van der Waals surface area contributed by atoms with Gasteiger partial charge in [-0.15, -0.1) is 11.3 Å². The lowest BCUT2D eigenvalue weighted by Crippen LogP contribution is -2.08. The number of aryl methyl sites for hydroxylation is 2. The van der Waals surface area contributed by atoms with Crippen molar-refractivity contribution in [1.82, 2.24) is 19.7 Å². The molecular weight excluding hydrogens is 354 g/mol. The monoisotopic (exact) mass is 371 g/mol. The van der Waals surface area contributed by atoms with Crippen LogP contribution in [0.4, 0.5) is 5.13 Å². The molecule has 0 aromatic carbocycles. The fourth-order valence-electron chi connectivity index (χ4n) is 2.30. The number of anilines is 1. The lowest BCUT2D eigenvalue weighted by Gasteiger charge is -2.05. The molecule has 0 unspecified atom stereocenters. The molecule has 0 spiro atoms. The third-order valence-electron chi connectivity index (χ3n) is 3.40. The molecule has 9 heteroatoms. The van der Waals surface area contributed by atoms with E-state index in [1.807, 2.05) is 19.9 Å².